The van der Waals surface area contributed by atoms with Gasteiger partial charge in [0.2, 0.25) is 5.91 Å². The quantitative estimate of drug-likeness (QED) is 0.805. The molecule has 1 aromatic rings. The van der Waals surface area contributed by atoms with Gasteiger partial charge in [-0.15, -0.1) is 0 Å². The van der Waals surface area contributed by atoms with Gasteiger partial charge in [0.25, 0.3) is 5.91 Å². The van der Waals surface area contributed by atoms with Gasteiger partial charge in [-0.1, -0.05) is 11.6 Å². The number of halogens is 1. The minimum atomic E-state index is -0.803. The summed E-state index contributed by atoms with van der Waals surface area (Å²) in [7, 11) is 0. The lowest BCUT2D eigenvalue weighted by molar-refractivity contribution is -0.126. The van der Waals surface area contributed by atoms with Crippen LogP contribution in [0, 0.1) is 0 Å². The maximum atomic E-state index is 12.4. The summed E-state index contributed by atoms with van der Waals surface area (Å²) in [5.41, 5.74) is 1.27. The van der Waals surface area contributed by atoms with Crippen molar-refractivity contribution in [3.8, 4) is 0 Å². The number of hydrogen-bond donors (Lipinski definition) is 1. The molecule has 0 bridgehead atoms. The molecule has 2 aliphatic rings. The van der Waals surface area contributed by atoms with Crippen LogP contribution in [0.4, 0.5) is 10.5 Å². The van der Waals surface area contributed by atoms with Crippen LogP contribution in [0.2, 0.25) is 5.02 Å². The van der Waals surface area contributed by atoms with Crippen molar-refractivity contribution >= 4 is 47.1 Å². The first-order valence-corrected chi connectivity index (χ1v) is 8.06. The minimum Gasteiger partial charge on any atom is -0.368 e. The van der Waals surface area contributed by atoms with Crippen LogP contribution < -0.4 is 10.2 Å². The van der Waals surface area contributed by atoms with E-state index >= 15 is 0 Å². The van der Waals surface area contributed by atoms with E-state index < -0.39 is 17.8 Å². The molecular formula is C16H15ClN4O4. The van der Waals surface area contributed by atoms with E-state index in [4.69, 9.17) is 11.6 Å². The molecule has 0 spiro atoms. The van der Waals surface area contributed by atoms with Crippen LogP contribution in [0.25, 0.3) is 0 Å². The van der Waals surface area contributed by atoms with Gasteiger partial charge in [-0.25, -0.2) is 4.79 Å². The Morgan fingerprint density at radius 3 is 2.52 bits per heavy atom. The number of anilines is 1. The molecule has 1 fully saturated rings. The number of carbonyl (C=O) groups is 4. The Kier molecular flexibility index (Phi) is 4.80. The van der Waals surface area contributed by atoms with E-state index in [-0.39, 0.29) is 12.1 Å². The van der Waals surface area contributed by atoms with Gasteiger partial charge in [0.1, 0.15) is 5.71 Å². The Morgan fingerprint density at radius 2 is 1.92 bits per heavy atom. The van der Waals surface area contributed by atoms with E-state index in [0.717, 1.165) is 5.69 Å². The first-order valence-electron chi connectivity index (χ1n) is 7.68. The monoisotopic (exact) mass is 362 g/mol. The number of urea groups is 1. The number of nitrogens with zero attached hydrogens (tertiary/aromatic N) is 3. The third-order valence-electron chi connectivity index (χ3n) is 4.10. The van der Waals surface area contributed by atoms with Gasteiger partial charge in [0, 0.05) is 37.4 Å². The highest BCUT2D eigenvalue weighted by atomic mass is 35.5. The van der Waals surface area contributed by atoms with Crippen molar-refractivity contribution in [2.24, 2.45) is 4.99 Å². The van der Waals surface area contributed by atoms with Crippen LogP contribution in [-0.4, -0.2) is 60.9 Å². The van der Waals surface area contributed by atoms with Crippen LogP contribution >= 0.6 is 11.6 Å². The highest BCUT2D eigenvalue weighted by Crippen LogP contribution is 2.24. The molecular weight excluding hydrogens is 348 g/mol. The molecule has 1 N–H and O–H groups in total. The first-order chi connectivity index (χ1) is 12.0. The molecule has 2 aliphatic heterocycles. The van der Waals surface area contributed by atoms with Crippen molar-refractivity contribution in [1.29, 1.82) is 0 Å². The fraction of sp³-hybridized carbons (Fsp3) is 0.312. The second-order valence-electron chi connectivity index (χ2n) is 5.69. The third kappa shape index (κ3) is 3.69. The Bertz CT molecular complexity index is 784. The number of rotatable bonds is 3. The van der Waals surface area contributed by atoms with Gasteiger partial charge < -0.3 is 9.80 Å². The summed E-state index contributed by atoms with van der Waals surface area (Å²) in [5, 5.41) is 2.41. The summed E-state index contributed by atoms with van der Waals surface area (Å²) in [6, 6.07) is 4.38. The normalized spacial score (nSPS) is 17.9. The van der Waals surface area contributed by atoms with Crippen molar-refractivity contribution in [3.05, 3.63) is 28.8 Å². The lowest BCUT2D eigenvalue weighted by atomic mass is 10.1. The summed E-state index contributed by atoms with van der Waals surface area (Å²) in [5.74, 6) is -0.913. The molecule has 2 heterocycles. The predicted octanol–water partition coefficient (Wildman–Crippen LogP) is 0.882. The lowest BCUT2D eigenvalue weighted by Crippen LogP contribution is -2.52. The molecule has 4 amide bonds. The fourth-order valence-corrected chi connectivity index (χ4v) is 3.01. The summed E-state index contributed by atoms with van der Waals surface area (Å²) in [6.07, 6.45) is 0.513. The van der Waals surface area contributed by atoms with Crippen molar-refractivity contribution in [2.45, 2.75) is 6.42 Å². The van der Waals surface area contributed by atoms with E-state index in [1.54, 1.807) is 23.1 Å². The summed E-state index contributed by atoms with van der Waals surface area (Å²) in [6.45, 7) is 1.99. The number of amides is 4. The molecule has 0 aromatic heterocycles. The van der Waals surface area contributed by atoms with Crippen molar-refractivity contribution in [2.75, 3.05) is 31.1 Å². The van der Waals surface area contributed by atoms with Gasteiger partial charge >= 0.3 is 6.03 Å². The van der Waals surface area contributed by atoms with E-state index in [2.05, 4.69) is 4.99 Å². The maximum Gasteiger partial charge on any atom is 0.348 e. The van der Waals surface area contributed by atoms with Crippen LogP contribution in [0.15, 0.2) is 23.2 Å². The van der Waals surface area contributed by atoms with Crippen LogP contribution in [0.5, 0.6) is 0 Å². The van der Waals surface area contributed by atoms with Crippen molar-refractivity contribution in [1.82, 2.24) is 10.2 Å². The maximum absolute atomic E-state index is 12.4. The number of benzene rings is 1. The number of piperazine rings is 1. The summed E-state index contributed by atoms with van der Waals surface area (Å²) < 4.78 is 0. The average molecular weight is 363 g/mol. The Hall–Kier alpha value is -2.74. The Balaban J connectivity index is 1.64. The summed E-state index contributed by atoms with van der Waals surface area (Å²) in [4.78, 5) is 53.1. The number of nitrogens with one attached hydrogen (secondary N) is 1. The molecule has 1 aromatic carbocycles. The number of hydrogen-bond acceptors (Lipinski definition) is 5. The molecule has 8 nitrogen and oxygen atoms in total. The smallest absolute Gasteiger partial charge is 0.348 e. The highest BCUT2D eigenvalue weighted by Gasteiger charge is 2.29. The minimum absolute atomic E-state index is 0.0272. The molecule has 0 atom stereocenters. The van der Waals surface area contributed by atoms with E-state index in [0.29, 0.717) is 43.1 Å². The molecule has 0 unspecified atom stereocenters. The second-order valence-corrected chi connectivity index (χ2v) is 6.10. The van der Waals surface area contributed by atoms with Crippen LogP contribution in [0.3, 0.4) is 0 Å². The molecule has 1 saturated heterocycles. The van der Waals surface area contributed by atoms with Crippen molar-refractivity contribution < 1.29 is 19.2 Å². The van der Waals surface area contributed by atoms with Crippen LogP contribution in [0.1, 0.15) is 16.8 Å². The zero-order chi connectivity index (χ0) is 18.0. The highest BCUT2D eigenvalue weighted by molar-refractivity contribution is 6.44. The van der Waals surface area contributed by atoms with E-state index in [9.17, 15) is 19.2 Å². The predicted molar refractivity (Wildman–Crippen MR) is 91.2 cm³/mol. The lowest BCUT2D eigenvalue weighted by Gasteiger charge is -2.36. The standard InChI is InChI=1S/C16H15ClN4O4/c17-12-7-11(2-1-10(12)9-22)20-3-5-21(6-4-20)15(24)13-8-14(23)19-16(25)18-13/h1-2,7,9H,3-6,8H2,(H,19,23,25). The van der Waals surface area contributed by atoms with Gasteiger partial charge in [0.15, 0.2) is 6.29 Å². The number of carbonyl (C=O) groups excluding carboxylic acids is 4. The average Bonchev–Trinajstić information content (AvgIpc) is 2.60. The van der Waals surface area contributed by atoms with E-state index in [1.807, 2.05) is 10.2 Å². The summed E-state index contributed by atoms with van der Waals surface area (Å²) >= 11 is 6.05. The Morgan fingerprint density at radius 1 is 1.20 bits per heavy atom. The fourth-order valence-electron chi connectivity index (χ4n) is 2.79. The molecule has 130 valence electrons. The molecule has 3 rings (SSSR count). The number of imide groups is 1. The van der Waals surface area contributed by atoms with Gasteiger partial charge in [-0.3, -0.25) is 19.7 Å². The topological polar surface area (TPSA) is 99.2 Å². The van der Waals surface area contributed by atoms with Gasteiger partial charge in [-0.2, -0.15) is 4.99 Å². The van der Waals surface area contributed by atoms with Crippen molar-refractivity contribution in [3.63, 3.8) is 0 Å². The Labute approximate surface area is 148 Å². The first kappa shape index (κ1) is 17.1. The van der Waals surface area contributed by atoms with Crippen LogP contribution in [-0.2, 0) is 9.59 Å². The molecule has 0 radical (unpaired) electrons. The molecule has 9 heteroatoms. The SMILES string of the molecule is O=Cc1ccc(N2CCN(C(=O)C3=NC(=O)NC(=O)C3)CC2)cc1Cl. The zero-order valence-electron chi connectivity index (χ0n) is 13.2. The van der Waals surface area contributed by atoms with Gasteiger partial charge in [0.05, 0.1) is 11.4 Å². The molecule has 0 saturated carbocycles. The largest absolute Gasteiger partial charge is 0.368 e. The van der Waals surface area contributed by atoms with Gasteiger partial charge in [-0.05, 0) is 18.2 Å². The second kappa shape index (κ2) is 7.02. The van der Waals surface area contributed by atoms with E-state index in [1.165, 1.54) is 0 Å². The molecule has 0 aliphatic carbocycles. The number of aliphatic imine (C=N–C) groups is 1. The third-order valence-corrected chi connectivity index (χ3v) is 4.43. The number of aldehydes is 1. The molecule has 25 heavy (non-hydrogen) atoms. The zero-order valence-corrected chi connectivity index (χ0v) is 14.0.